The molecule has 0 bridgehead atoms. The van der Waals surface area contributed by atoms with E-state index < -0.39 is 0 Å². The number of rotatable bonds is 6. The molecule has 1 N–H and O–H groups in total. The Labute approximate surface area is 126 Å². The third kappa shape index (κ3) is 4.46. The summed E-state index contributed by atoms with van der Waals surface area (Å²) < 4.78 is 10.9. The Bertz CT molecular complexity index is 580. The van der Waals surface area contributed by atoms with Gasteiger partial charge in [0.1, 0.15) is 11.5 Å². The molecule has 1 aromatic heterocycles. The lowest BCUT2D eigenvalue weighted by Crippen LogP contribution is -2.21. The standard InChI is InChI=1S/C17H22N2O2/c1-12(2)18-10-14-9-13(3)17(19-11-14)21-16-7-5-15(20-4)6-8-16/h5-9,11-12,18H,10H2,1-4H3. The first-order valence-corrected chi connectivity index (χ1v) is 7.09. The van der Waals surface area contributed by atoms with E-state index in [1.54, 1.807) is 7.11 Å². The second kappa shape index (κ2) is 7.09. The molecule has 0 saturated carbocycles. The fourth-order valence-corrected chi connectivity index (χ4v) is 1.90. The summed E-state index contributed by atoms with van der Waals surface area (Å²) in [5.41, 5.74) is 2.18. The Morgan fingerprint density at radius 3 is 2.38 bits per heavy atom. The number of aromatic nitrogens is 1. The SMILES string of the molecule is COc1ccc(Oc2ncc(CNC(C)C)cc2C)cc1. The van der Waals surface area contributed by atoms with Gasteiger partial charge in [-0.05, 0) is 42.8 Å². The molecule has 2 rings (SSSR count). The molecule has 2 aromatic rings. The number of methoxy groups -OCH3 is 1. The predicted molar refractivity (Wildman–Crippen MR) is 84.0 cm³/mol. The first-order valence-electron chi connectivity index (χ1n) is 7.09. The van der Waals surface area contributed by atoms with Crippen molar-refractivity contribution in [3.05, 3.63) is 47.7 Å². The van der Waals surface area contributed by atoms with Crippen LogP contribution < -0.4 is 14.8 Å². The summed E-state index contributed by atoms with van der Waals surface area (Å²) in [6.45, 7) is 7.07. The second-order valence-electron chi connectivity index (χ2n) is 5.28. The van der Waals surface area contributed by atoms with Gasteiger partial charge in [0.25, 0.3) is 0 Å². The molecule has 1 heterocycles. The van der Waals surface area contributed by atoms with Crippen molar-refractivity contribution in [3.8, 4) is 17.4 Å². The molecule has 1 aromatic carbocycles. The topological polar surface area (TPSA) is 43.4 Å². The lowest BCUT2D eigenvalue weighted by Gasteiger charge is -2.11. The highest BCUT2D eigenvalue weighted by Gasteiger charge is 2.05. The van der Waals surface area contributed by atoms with Crippen molar-refractivity contribution in [2.45, 2.75) is 33.4 Å². The molecule has 0 aliphatic rings. The molecule has 4 heteroatoms. The Morgan fingerprint density at radius 2 is 1.81 bits per heavy atom. The van der Waals surface area contributed by atoms with E-state index in [-0.39, 0.29) is 0 Å². The fraction of sp³-hybridized carbons (Fsp3) is 0.353. The van der Waals surface area contributed by atoms with E-state index in [1.807, 2.05) is 37.4 Å². The van der Waals surface area contributed by atoms with Crippen LogP contribution in [0.1, 0.15) is 25.0 Å². The third-order valence-electron chi connectivity index (χ3n) is 3.08. The van der Waals surface area contributed by atoms with E-state index >= 15 is 0 Å². The number of benzene rings is 1. The van der Waals surface area contributed by atoms with Crippen LogP contribution in [0.15, 0.2) is 36.5 Å². The van der Waals surface area contributed by atoms with Gasteiger partial charge in [0.05, 0.1) is 7.11 Å². The minimum Gasteiger partial charge on any atom is -0.497 e. The molecule has 0 saturated heterocycles. The number of ether oxygens (including phenoxy) is 2. The molecule has 0 radical (unpaired) electrons. The van der Waals surface area contributed by atoms with Gasteiger partial charge in [-0.2, -0.15) is 0 Å². The molecule has 4 nitrogen and oxygen atoms in total. The Kier molecular flexibility index (Phi) is 5.17. The van der Waals surface area contributed by atoms with E-state index in [9.17, 15) is 0 Å². The van der Waals surface area contributed by atoms with E-state index in [2.05, 4.69) is 30.2 Å². The number of nitrogens with one attached hydrogen (secondary N) is 1. The normalized spacial score (nSPS) is 10.7. The van der Waals surface area contributed by atoms with Gasteiger partial charge in [-0.15, -0.1) is 0 Å². The molecule has 0 aliphatic heterocycles. The van der Waals surface area contributed by atoms with Gasteiger partial charge in [0.2, 0.25) is 5.88 Å². The fourth-order valence-electron chi connectivity index (χ4n) is 1.90. The van der Waals surface area contributed by atoms with Gasteiger partial charge in [0, 0.05) is 24.3 Å². The lowest BCUT2D eigenvalue weighted by molar-refractivity contribution is 0.412. The molecule has 0 unspecified atom stereocenters. The summed E-state index contributed by atoms with van der Waals surface area (Å²) in [5.74, 6) is 2.19. The van der Waals surface area contributed by atoms with Crippen LogP contribution in [0.3, 0.4) is 0 Å². The largest absolute Gasteiger partial charge is 0.497 e. The van der Waals surface area contributed by atoms with Crippen molar-refractivity contribution < 1.29 is 9.47 Å². The molecule has 0 spiro atoms. The summed E-state index contributed by atoms with van der Waals surface area (Å²) in [5, 5.41) is 3.38. The average molecular weight is 286 g/mol. The number of hydrogen-bond donors (Lipinski definition) is 1. The Morgan fingerprint density at radius 1 is 1.14 bits per heavy atom. The second-order valence-corrected chi connectivity index (χ2v) is 5.28. The van der Waals surface area contributed by atoms with Crippen LogP contribution in [-0.4, -0.2) is 18.1 Å². The maximum atomic E-state index is 5.80. The van der Waals surface area contributed by atoms with E-state index in [0.29, 0.717) is 11.9 Å². The molecular weight excluding hydrogens is 264 g/mol. The van der Waals surface area contributed by atoms with Crippen molar-refractivity contribution >= 4 is 0 Å². The lowest BCUT2D eigenvalue weighted by atomic mass is 10.2. The third-order valence-corrected chi connectivity index (χ3v) is 3.08. The zero-order valence-electron chi connectivity index (χ0n) is 13.0. The number of nitrogens with zero attached hydrogens (tertiary/aromatic N) is 1. The van der Waals surface area contributed by atoms with Crippen LogP contribution in [0, 0.1) is 6.92 Å². The van der Waals surface area contributed by atoms with Gasteiger partial charge >= 0.3 is 0 Å². The van der Waals surface area contributed by atoms with Crippen LogP contribution >= 0.6 is 0 Å². The first kappa shape index (κ1) is 15.3. The molecule has 112 valence electrons. The van der Waals surface area contributed by atoms with E-state index in [0.717, 1.165) is 29.2 Å². The zero-order chi connectivity index (χ0) is 15.2. The van der Waals surface area contributed by atoms with Crippen molar-refractivity contribution in [1.82, 2.24) is 10.3 Å². The molecule has 21 heavy (non-hydrogen) atoms. The Balaban J connectivity index is 2.06. The summed E-state index contributed by atoms with van der Waals surface area (Å²) in [7, 11) is 1.64. The average Bonchev–Trinajstić information content (AvgIpc) is 2.48. The van der Waals surface area contributed by atoms with Crippen LogP contribution in [0.5, 0.6) is 17.4 Å². The van der Waals surface area contributed by atoms with Crippen LogP contribution in [0.25, 0.3) is 0 Å². The molecule has 0 amide bonds. The van der Waals surface area contributed by atoms with E-state index in [1.165, 1.54) is 0 Å². The highest BCUT2D eigenvalue weighted by Crippen LogP contribution is 2.25. The quantitative estimate of drug-likeness (QED) is 0.879. The summed E-state index contributed by atoms with van der Waals surface area (Å²) >= 11 is 0. The van der Waals surface area contributed by atoms with Crippen LogP contribution in [0.4, 0.5) is 0 Å². The smallest absolute Gasteiger partial charge is 0.222 e. The number of hydrogen-bond acceptors (Lipinski definition) is 4. The molecule has 0 aliphatic carbocycles. The number of aryl methyl sites for hydroxylation is 1. The van der Waals surface area contributed by atoms with Crippen LogP contribution in [-0.2, 0) is 6.54 Å². The van der Waals surface area contributed by atoms with Crippen molar-refractivity contribution in [2.75, 3.05) is 7.11 Å². The maximum Gasteiger partial charge on any atom is 0.222 e. The van der Waals surface area contributed by atoms with Crippen LogP contribution in [0.2, 0.25) is 0 Å². The van der Waals surface area contributed by atoms with Gasteiger partial charge < -0.3 is 14.8 Å². The minimum atomic E-state index is 0.459. The summed E-state index contributed by atoms with van der Waals surface area (Å²) in [6, 6.07) is 10.0. The van der Waals surface area contributed by atoms with Crippen molar-refractivity contribution in [1.29, 1.82) is 0 Å². The predicted octanol–water partition coefficient (Wildman–Crippen LogP) is 3.69. The first-order chi connectivity index (χ1) is 10.1. The van der Waals surface area contributed by atoms with Gasteiger partial charge in [-0.1, -0.05) is 13.8 Å². The molecular formula is C17H22N2O2. The molecule has 0 fully saturated rings. The van der Waals surface area contributed by atoms with Crippen molar-refractivity contribution in [2.24, 2.45) is 0 Å². The minimum absolute atomic E-state index is 0.459. The summed E-state index contributed by atoms with van der Waals surface area (Å²) in [6.07, 6.45) is 1.85. The van der Waals surface area contributed by atoms with Gasteiger partial charge in [-0.3, -0.25) is 0 Å². The highest BCUT2D eigenvalue weighted by atomic mass is 16.5. The van der Waals surface area contributed by atoms with E-state index in [4.69, 9.17) is 9.47 Å². The number of pyridine rings is 1. The molecule has 0 atom stereocenters. The monoisotopic (exact) mass is 286 g/mol. The van der Waals surface area contributed by atoms with Gasteiger partial charge in [-0.25, -0.2) is 4.98 Å². The highest BCUT2D eigenvalue weighted by molar-refractivity contribution is 5.36. The Hall–Kier alpha value is -2.07. The summed E-state index contributed by atoms with van der Waals surface area (Å²) in [4.78, 5) is 4.40. The zero-order valence-corrected chi connectivity index (χ0v) is 13.0. The maximum absolute atomic E-state index is 5.80. The van der Waals surface area contributed by atoms with Crippen molar-refractivity contribution in [3.63, 3.8) is 0 Å². The van der Waals surface area contributed by atoms with Gasteiger partial charge in [0.15, 0.2) is 0 Å².